The molecule has 2 aliphatic rings. The third-order valence-electron chi connectivity index (χ3n) is 6.17. The number of hydrogen-bond donors (Lipinski definition) is 0. The summed E-state index contributed by atoms with van der Waals surface area (Å²) in [4.78, 5) is 12.0. The third-order valence-corrected chi connectivity index (χ3v) is 6.17. The molecular weight excluding hydrogens is 348 g/mol. The smallest absolute Gasteiger partial charge is 0.118 e. The minimum atomic E-state index is 0.684. The van der Waals surface area contributed by atoms with Crippen LogP contribution in [0.1, 0.15) is 17.2 Å². The molecule has 4 heterocycles. The van der Waals surface area contributed by atoms with Gasteiger partial charge in [0.25, 0.3) is 0 Å². The van der Waals surface area contributed by atoms with Crippen LogP contribution in [-0.2, 0) is 19.5 Å². The summed E-state index contributed by atoms with van der Waals surface area (Å²) < 4.78 is 7.72. The first-order chi connectivity index (χ1) is 13.7. The second-order valence-electron chi connectivity index (χ2n) is 8.09. The highest BCUT2D eigenvalue weighted by molar-refractivity contribution is 5.60. The van der Waals surface area contributed by atoms with E-state index in [0.29, 0.717) is 11.8 Å². The molecule has 2 aromatic heterocycles. The van der Waals surface area contributed by atoms with Crippen molar-refractivity contribution in [3.8, 4) is 17.0 Å². The van der Waals surface area contributed by atoms with E-state index in [1.54, 1.807) is 7.11 Å². The number of benzene rings is 1. The van der Waals surface area contributed by atoms with E-state index < -0.39 is 0 Å². The number of rotatable bonds is 4. The highest BCUT2D eigenvalue weighted by atomic mass is 16.5. The molecule has 144 valence electrons. The van der Waals surface area contributed by atoms with Crippen LogP contribution in [-0.4, -0.2) is 39.6 Å². The maximum absolute atomic E-state index is 5.29. The van der Waals surface area contributed by atoms with Gasteiger partial charge in [-0.2, -0.15) is 0 Å². The minimum Gasteiger partial charge on any atom is -0.497 e. The second-order valence-corrected chi connectivity index (χ2v) is 8.09. The van der Waals surface area contributed by atoms with Gasteiger partial charge in [-0.25, -0.2) is 4.98 Å². The molecule has 0 spiro atoms. The lowest BCUT2D eigenvalue weighted by Crippen LogP contribution is -2.28. The number of methoxy groups -OCH3 is 1. The Labute approximate surface area is 166 Å². The van der Waals surface area contributed by atoms with Crippen LogP contribution in [0.2, 0.25) is 0 Å². The molecule has 0 bridgehead atoms. The number of pyridine rings is 1. The predicted octanol–water partition coefficient (Wildman–Crippen LogP) is 3.57. The summed E-state index contributed by atoms with van der Waals surface area (Å²) in [7, 11) is 1.70. The Morgan fingerprint density at radius 3 is 2.64 bits per heavy atom. The van der Waals surface area contributed by atoms with Gasteiger partial charge in [0.1, 0.15) is 11.6 Å². The Morgan fingerprint density at radius 2 is 1.86 bits per heavy atom. The lowest BCUT2D eigenvalue weighted by Gasteiger charge is -2.27. The average molecular weight is 374 g/mol. The molecule has 2 atom stereocenters. The van der Waals surface area contributed by atoms with E-state index in [4.69, 9.17) is 9.72 Å². The number of hydrogen-bond acceptors (Lipinski definition) is 4. The number of likely N-dealkylation sites (tertiary alicyclic amines) is 1. The van der Waals surface area contributed by atoms with E-state index in [2.05, 4.69) is 51.7 Å². The highest BCUT2D eigenvalue weighted by Gasteiger charge is 2.38. The summed E-state index contributed by atoms with van der Waals surface area (Å²) in [5, 5.41) is 0. The average Bonchev–Trinajstić information content (AvgIpc) is 3.28. The molecule has 1 saturated heterocycles. The van der Waals surface area contributed by atoms with Gasteiger partial charge in [0.2, 0.25) is 0 Å². The molecule has 5 heteroatoms. The summed E-state index contributed by atoms with van der Waals surface area (Å²) in [6.45, 7) is 6.35. The van der Waals surface area contributed by atoms with E-state index in [1.807, 2.05) is 18.3 Å². The topological polar surface area (TPSA) is 43.2 Å². The molecule has 3 aromatic rings. The first-order valence-corrected chi connectivity index (χ1v) is 10.0. The van der Waals surface area contributed by atoms with Crippen molar-refractivity contribution in [1.82, 2.24) is 19.4 Å². The molecule has 0 aliphatic carbocycles. The summed E-state index contributed by atoms with van der Waals surface area (Å²) in [6, 6.07) is 14.6. The van der Waals surface area contributed by atoms with Gasteiger partial charge in [-0.15, -0.1) is 0 Å². The maximum Gasteiger partial charge on any atom is 0.118 e. The molecule has 5 rings (SSSR count). The Bertz CT molecular complexity index is 979. The Morgan fingerprint density at radius 1 is 1.04 bits per heavy atom. The van der Waals surface area contributed by atoms with Gasteiger partial charge in [-0.05, 0) is 55.2 Å². The van der Waals surface area contributed by atoms with Gasteiger partial charge in [0, 0.05) is 43.9 Å². The van der Waals surface area contributed by atoms with Gasteiger partial charge >= 0.3 is 0 Å². The number of ether oxygens (including phenoxy) is 1. The van der Waals surface area contributed by atoms with Crippen molar-refractivity contribution in [3.05, 3.63) is 65.9 Å². The second kappa shape index (κ2) is 7.06. The first-order valence-electron chi connectivity index (χ1n) is 10.0. The quantitative estimate of drug-likeness (QED) is 0.700. The van der Waals surface area contributed by atoms with Crippen LogP contribution in [0.25, 0.3) is 11.3 Å². The summed E-state index contributed by atoms with van der Waals surface area (Å²) in [5.74, 6) is 3.49. The van der Waals surface area contributed by atoms with Crippen molar-refractivity contribution >= 4 is 0 Å². The molecule has 0 radical (unpaired) electrons. The molecule has 1 aromatic carbocycles. The van der Waals surface area contributed by atoms with E-state index in [9.17, 15) is 0 Å². The molecule has 2 aliphatic heterocycles. The number of aryl methyl sites for hydroxylation is 1. The van der Waals surface area contributed by atoms with Crippen molar-refractivity contribution in [2.75, 3.05) is 20.2 Å². The maximum atomic E-state index is 5.29. The standard InChI is InChI=1S/C23H26N4O/c1-16-4-3-5-20(25-16)15-26-12-18-10-23-24-11-22(27(23)14-19(18)13-26)17-6-8-21(28-2)9-7-17/h3-9,11,18-19H,10,12-15H2,1-2H3/t18-,19-/m1/s1. The van der Waals surface area contributed by atoms with E-state index >= 15 is 0 Å². The van der Waals surface area contributed by atoms with Gasteiger partial charge in [-0.1, -0.05) is 6.07 Å². The minimum absolute atomic E-state index is 0.684. The van der Waals surface area contributed by atoms with Crippen molar-refractivity contribution in [2.24, 2.45) is 11.8 Å². The lowest BCUT2D eigenvalue weighted by atomic mass is 9.89. The number of fused-ring (bicyclic) bond motifs is 2. The van der Waals surface area contributed by atoms with Crippen LogP contribution in [0.15, 0.2) is 48.7 Å². The zero-order valence-electron chi connectivity index (χ0n) is 16.5. The molecule has 0 saturated carbocycles. The Kier molecular flexibility index (Phi) is 4.40. The SMILES string of the molecule is COc1ccc(-c2cnc3n2C[C@H]2CN(Cc4cccc(C)n4)C[C@H]2C3)cc1. The highest BCUT2D eigenvalue weighted by Crippen LogP contribution is 2.36. The fourth-order valence-electron chi connectivity index (χ4n) is 4.76. The fraction of sp³-hybridized carbons (Fsp3) is 0.391. The van der Waals surface area contributed by atoms with Crippen LogP contribution in [0.3, 0.4) is 0 Å². The predicted molar refractivity (Wildman–Crippen MR) is 109 cm³/mol. The van der Waals surface area contributed by atoms with Crippen LogP contribution < -0.4 is 4.74 Å². The van der Waals surface area contributed by atoms with Crippen LogP contribution in [0, 0.1) is 18.8 Å². The molecule has 1 fully saturated rings. The van der Waals surface area contributed by atoms with Gasteiger partial charge < -0.3 is 9.30 Å². The monoisotopic (exact) mass is 374 g/mol. The van der Waals surface area contributed by atoms with Crippen LogP contribution in [0.4, 0.5) is 0 Å². The van der Waals surface area contributed by atoms with Gasteiger partial charge in [0.15, 0.2) is 0 Å². The number of nitrogens with zero attached hydrogens (tertiary/aromatic N) is 4. The molecule has 0 unspecified atom stereocenters. The molecule has 28 heavy (non-hydrogen) atoms. The van der Waals surface area contributed by atoms with E-state index in [0.717, 1.165) is 44.0 Å². The lowest BCUT2D eigenvalue weighted by molar-refractivity contribution is 0.304. The van der Waals surface area contributed by atoms with Crippen molar-refractivity contribution in [1.29, 1.82) is 0 Å². The van der Waals surface area contributed by atoms with Crippen molar-refractivity contribution in [3.63, 3.8) is 0 Å². The normalized spacial score (nSPS) is 21.4. The number of aromatic nitrogens is 3. The van der Waals surface area contributed by atoms with Crippen LogP contribution >= 0.6 is 0 Å². The zero-order valence-corrected chi connectivity index (χ0v) is 16.5. The molecule has 0 N–H and O–H groups in total. The molecule has 5 nitrogen and oxygen atoms in total. The Balaban J connectivity index is 1.33. The van der Waals surface area contributed by atoms with Gasteiger partial charge in [-0.3, -0.25) is 9.88 Å². The largest absolute Gasteiger partial charge is 0.497 e. The fourth-order valence-corrected chi connectivity index (χ4v) is 4.76. The number of imidazole rings is 1. The summed E-state index contributed by atoms with van der Waals surface area (Å²) in [5.41, 5.74) is 4.69. The van der Waals surface area contributed by atoms with E-state index in [-0.39, 0.29) is 0 Å². The molecular formula is C23H26N4O. The van der Waals surface area contributed by atoms with Crippen molar-refractivity contribution in [2.45, 2.75) is 26.4 Å². The summed E-state index contributed by atoms with van der Waals surface area (Å²) in [6.07, 6.45) is 3.10. The zero-order chi connectivity index (χ0) is 19.1. The first kappa shape index (κ1) is 17.4. The molecule has 0 amide bonds. The Hall–Kier alpha value is -2.66. The third kappa shape index (κ3) is 3.20. The van der Waals surface area contributed by atoms with Crippen LogP contribution in [0.5, 0.6) is 5.75 Å². The van der Waals surface area contributed by atoms with Crippen molar-refractivity contribution < 1.29 is 4.74 Å². The van der Waals surface area contributed by atoms with Gasteiger partial charge in [0.05, 0.1) is 24.7 Å². The van der Waals surface area contributed by atoms with E-state index in [1.165, 1.54) is 22.8 Å². The summed E-state index contributed by atoms with van der Waals surface area (Å²) >= 11 is 0.